The van der Waals surface area contributed by atoms with Crippen molar-refractivity contribution in [1.29, 1.82) is 0 Å². The number of likely N-dealkylation sites (tertiary alicyclic amines) is 1. The summed E-state index contributed by atoms with van der Waals surface area (Å²) in [6.45, 7) is 5.16. The molecule has 1 aliphatic rings. The maximum absolute atomic E-state index is 5.93. The van der Waals surface area contributed by atoms with Crippen LogP contribution in [-0.4, -0.2) is 30.7 Å². The standard InChI is InChI=1S/C14H21ClN2O/c1-14(18-2)6-3-7-17(10-14)9-11-4-5-12(15)13(16)8-11/h4-5,8H,3,6-7,9-10,16H2,1-2H3. The fourth-order valence-electron chi connectivity index (χ4n) is 2.56. The van der Waals surface area contributed by atoms with Gasteiger partial charge in [0.15, 0.2) is 0 Å². The molecule has 0 bridgehead atoms. The molecule has 1 heterocycles. The second kappa shape index (κ2) is 5.47. The Bertz CT molecular complexity index is 424. The molecular weight excluding hydrogens is 248 g/mol. The quantitative estimate of drug-likeness (QED) is 0.857. The normalized spacial score (nSPS) is 25.3. The van der Waals surface area contributed by atoms with Crippen molar-refractivity contribution in [2.45, 2.75) is 31.9 Å². The molecule has 2 N–H and O–H groups in total. The van der Waals surface area contributed by atoms with Gasteiger partial charge in [0.25, 0.3) is 0 Å². The van der Waals surface area contributed by atoms with E-state index in [2.05, 4.69) is 11.8 Å². The Balaban J connectivity index is 2.02. The predicted molar refractivity (Wildman–Crippen MR) is 75.8 cm³/mol. The lowest BCUT2D eigenvalue weighted by Crippen LogP contribution is -2.46. The summed E-state index contributed by atoms with van der Waals surface area (Å²) in [5.74, 6) is 0. The molecule has 100 valence electrons. The first-order valence-electron chi connectivity index (χ1n) is 6.34. The molecule has 2 rings (SSSR count). The Labute approximate surface area is 114 Å². The van der Waals surface area contributed by atoms with Crippen LogP contribution in [0.5, 0.6) is 0 Å². The van der Waals surface area contributed by atoms with Crippen molar-refractivity contribution in [2.75, 3.05) is 25.9 Å². The van der Waals surface area contributed by atoms with E-state index in [-0.39, 0.29) is 5.60 Å². The van der Waals surface area contributed by atoms with E-state index in [1.807, 2.05) is 18.2 Å². The second-order valence-corrected chi connectivity index (χ2v) is 5.73. The number of nitrogens with zero attached hydrogens (tertiary/aromatic N) is 1. The Hall–Kier alpha value is -0.770. The van der Waals surface area contributed by atoms with E-state index < -0.39 is 0 Å². The average Bonchev–Trinajstić information content (AvgIpc) is 2.34. The van der Waals surface area contributed by atoms with Gasteiger partial charge < -0.3 is 10.5 Å². The smallest absolute Gasteiger partial charge is 0.0777 e. The minimum Gasteiger partial charge on any atom is -0.398 e. The molecule has 1 fully saturated rings. The van der Waals surface area contributed by atoms with Crippen LogP contribution in [-0.2, 0) is 11.3 Å². The summed E-state index contributed by atoms with van der Waals surface area (Å²) >= 11 is 5.93. The number of nitrogen functional groups attached to an aromatic ring is 1. The summed E-state index contributed by atoms with van der Waals surface area (Å²) in [5.41, 5.74) is 7.67. The van der Waals surface area contributed by atoms with Crippen LogP contribution in [0.1, 0.15) is 25.3 Å². The molecule has 4 heteroatoms. The van der Waals surface area contributed by atoms with E-state index in [0.717, 1.165) is 26.1 Å². The van der Waals surface area contributed by atoms with Gasteiger partial charge in [0.2, 0.25) is 0 Å². The SMILES string of the molecule is COC1(C)CCCN(Cc2ccc(Cl)c(N)c2)C1. The van der Waals surface area contributed by atoms with E-state index in [9.17, 15) is 0 Å². The van der Waals surface area contributed by atoms with Crippen molar-refractivity contribution in [1.82, 2.24) is 4.90 Å². The number of hydrogen-bond acceptors (Lipinski definition) is 3. The van der Waals surface area contributed by atoms with E-state index in [1.54, 1.807) is 7.11 Å². The lowest BCUT2D eigenvalue weighted by molar-refractivity contribution is -0.0526. The van der Waals surface area contributed by atoms with Crippen molar-refractivity contribution >= 4 is 17.3 Å². The van der Waals surface area contributed by atoms with E-state index in [1.165, 1.54) is 12.0 Å². The molecule has 1 unspecified atom stereocenters. The third-order valence-electron chi connectivity index (χ3n) is 3.70. The number of ether oxygens (including phenoxy) is 1. The number of methoxy groups -OCH3 is 1. The highest BCUT2D eigenvalue weighted by molar-refractivity contribution is 6.33. The van der Waals surface area contributed by atoms with Gasteiger partial charge in [-0.3, -0.25) is 4.90 Å². The summed E-state index contributed by atoms with van der Waals surface area (Å²) < 4.78 is 5.60. The van der Waals surface area contributed by atoms with Gasteiger partial charge in [-0.05, 0) is 44.0 Å². The van der Waals surface area contributed by atoms with Gasteiger partial charge in [-0.2, -0.15) is 0 Å². The Morgan fingerprint density at radius 1 is 1.50 bits per heavy atom. The minimum atomic E-state index is -0.0176. The predicted octanol–water partition coefficient (Wildman–Crippen LogP) is 2.92. The highest BCUT2D eigenvalue weighted by Gasteiger charge is 2.30. The summed E-state index contributed by atoms with van der Waals surface area (Å²) in [6, 6.07) is 5.87. The first-order chi connectivity index (χ1) is 8.52. The number of hydrogen-bond donors (Lipinski definition) is 1. The van der Waals surface area contributed by atoms with E-state index in [4.69, 9.17) is 22.1 Å². The monoisotopic (exact) mass is 268 g/mol. The molecule has 1 aromatic rings. The highest BCUT2D eigenvalue weighted by atomic mass is 35.5. The molecule has 1 atom stereocenters. The Morgan fingerprint density at radius 2 is 2.28 bits per heavy atom. The zero-order valence-electron chi connectivity index (χ0n) is 11.1. The zero-order valence-corrected chi connectivity index (χ0v) is 11.8. The van der Waals surface area contributed by atoms with Crippen molar-refractivity contribution in [3.05, 3.63) is 28.8 Å². The first kappa shape index (κ1) is 13.7. The van der Waals surface area contributed by atoms with Crippen LogP contribution in [0.2, 0.25) is 5.02 Å². The van der Waals surface area contributed by atoms with Crippen LogP contribution in [0.25, 0.3) is 0 Å². The molecule has 0 saturated carbocycles. The summed E-state index contributed by atoms with van der Waals surface area (Å²) in [4.78, 5) is 2.41. The van der Waals surface area contributed by atoms with E-state index in [0.29, 0.717) is 10.7 Å². The molecule has 0 amide bonds. The van der Waals surface area contributed by atoms with Crippen LogP contribution in [0.4, 0.5) is 5.69 Å². The minimum absolute atomic E-state index is 0.0176. The first-order valence-corrected chi connectivity index (χ1v) is 6.72. The van der Waals surface area contributed by atoms with Crippen molar-refractivity contribution in [3.8, 4) is 0 Å². The second-order valence-electron chi connectivity index (χ2n) is 5.32. The van der Waals surface area contributed by atoms with Crippen molar-refractivity contribution in [2.24, 2.45) is 0 Å². The average molecular weight is 269 g/mol. The number of piperidine rings is 1. The summed E-state index contributed by atoms with van der Waals surface area (Å²) in [7, 11) is 1.80. The number of rotatable bonds is 3. The lowest BCUT2D eigenvalue weighted by atomic mass is 9.94. The van der Waals surface area contributed by atoms with Gasteiger partial charge >= 0.3 is 0 Å². The molecule has 0 aromatic heterocycles. The van der Waals surface area contributed by atoms with Crippen LogP contribution in [0.15, 0.2) is 18.2 Å². The fourth-order valence-corrected chi connectivity index (χ4v) is 2.68. The molecular formula is C14H21ClN2O. The van der Waals surface area contributed by atoms with E-state index >= 15 is 0 Å². The van der Waals surface area contributed by atoms with Gasteiger partial charge in [0.05, 0.1) is 16.3 Å². The molecule has 1 saturated heterocycles. The van der Waals surface area contributed by atoms with Crippen LogP contribution >= 0.6 is 11.6 Å². The molecule has 3 nitrogen and oxygen atoms in total. The summed E-state index contributed by atoms with van der Waals surface area (Å²) in [5, 5.41) is 0.624. The molecule has 0 radical (unpaired) electrons. The van der Waals surface area contributed by atoms with Crippen molar-refractivity contribution in [3.63, 3.8) is 0 Å². The fraction of sp³-hybridized carbons (Fsp3) is 0.571. The number of benzene rings is 1. The van der Waals surface area contributed by atoms with Gasteiger partial charge in [-0.25, -0.2) is 0 Å². The maximum Gasteiger partial charge on any atom is 0.0777 e. The third kappa shape index (κ3) is 3.16. The topological polar surface area (TPSA) is 38.5 Å². The zero-order chi connectivity index (χ0) is 13.2. The van der Waals surface area contributed by atoms with Gasteiger partial charge in [-0.15, -0.1) is 0 Å². The van der Waals surface area contributed by atoms with Gasteiger partial charge in [-0.1, -0.05) is 17.7 Å². The van der Waals surface area contributed by atoms with Gasteiger partial charge in [0.1, 0.15) is 0 Å². The number of nitrogens with two attached hydrogens (primary N) is 1. The maximum atomic E-state index is 5.93. The molecule has 0 aliphatic carbocycles. The summed E-state index contributed by atoms with van der Waals surface area (Å²) in [6.07, 6.45) is 2.30. The van der Waals surface area contributed by atoms with Crippen LogP contribution in [0.3, 0.4) is 0 Å². The molecule has 1 aromatic carbocycles. The Morgan fingerprint density at radius 3 is 2.94 bits per heavy atom. The molecule has 1 aliphatic heterocycles. The van der Waals surface area contributed by atoms with Crippen molar-refractivity contribution < 1.29 is 4.74 Å². The van der Waals surface area contributed by atoms with Crippen LogP contribution < -0.4 is 5.73 Å². The molecule has 0 spiro atoms. The number of halogens is 1. The highest BCUT2D eigenvalue weighted by Crippen LogP contribution is 2.26. The largest absolute Gasteiger partial charge is 0.398 e. The van der Waals surface area contributed by atoms with Crippen LogP contribution in [0, 0.1) is 0 Å². The lowest BCUT2D eigenvalue weighted by Gasteiger charge is -2.39. The third-order valence-corrected chi connectivity index (χ3v) is 4.04. The Kier molecular flexibility index (Phi) is 4.15. The van der Waals surface area contributed by atoms with Gasteiger partial charge in [0, 0.05) is 20.2 Å². The number of anilines is 1. The molecule has 18 heavy (non-hydrogen) atoms.